The second kappa shape index (κ2) is 3.97. The van der Waals surface area contributed by atoms with E-state index in [1.807, 2.05) is 0 Å². The quantitative estimate of drug-likeness (QED) is 0.499. The highest BCUT2D eigenvalue weighted by molar-refractivity contribution is 4.62. The molecule has 0 radical (unpaired) electrons. The third-order valence-electron chi connectivity index (χ3n) is 2.47. The van der Waals surface area contributed by atoms with Crippen LogP contribution in [0.3, 0.4) is 0 Å². The highest BCUT2D eigenvalue weighted by Gasteiger charge is 2.09. The summed E-state index contributed by atoms with van der Waals surface area (Å²) in [6.07, 6.45) is 5.87. The van der Waals surface area contributed by atoms with E-state index in [2.05, 4.69) is 18.9 Å². The van der Waals surface area contributed by atoms with Gasteiger partial charge >= 0.3 is 0 Å². The van der Waals surface area contributed by atoms with Crippen LogP contribution in [0, 0.1) is 5.92 Å². The van der Waals surface area contributed by atoms with E-state index in [-0.39, 0.29) is 0 Å². The van der Waals surface area contributed by atoms with E-state index in [0.717, 1.165) is 5.92 Å². The van der Waals surface area contributed by atoms with Gasteiger partial charge in [0.25, 0.3) is 0 Å². The van der Waals surface area contributed by atoms with E-state index in [1.54, 1.807) is 0 Å². The highest BCUT2D eigenvalue weighted by Crippen LogP contribution is 2.24. The number of hydrogen-bond donors (Lipinski definition) is 0. The Morgan fingerprint density at radius 2 is 1.50 bits per heavy atom. The van der Waals surface area contributed by atoms with Crippen LogP contribution in [-0.4, -0.2) is 25.0 Å². The molecule has 0 spiro atoms. The van der Waals surface area contributed by atoms with E-state index < -0.39 is 0 Å². The van der Waals surface area contributed by atoms with Gasteiger partial charge in [-0.3, -0.25) is 0 Å². The van der Waals surface area contributed by atoms with Gasteiger partial charge in [0.2, 0.25) is 0 Å². The molecule has 0 unspecified atom stereocenters. The summed E-state index contributed by atoms with van der Waals surface area (Å²) in [7, 11) is 2.14. The predicted molar refractivity (Wildman–Crippen MR) is 45.1 cm³/mol. The van der Waals surface area contributed by atoms with Gasteiger partial charge in [-0.1, -0.05) is 26.2 Å². The van der Waals surface area contributed by atoms with Crippen molar-refractivity contribution in [2.45, 2.75) is 32.6 Å². The first-order chi connectivity index (χ1) is 4.79. The summed E-state index contributed by atoms with van der Waals surface area (Å²) in [6.45, 7) is 4.95. The molecule has 1 heteroatoms. The van der Waals surface area contributed by atoms with E-state index in [1.165, 1.54) is 38.8 Å². The maximum Gasteiger partial charge on any atom is -0.000959 e. The topological polar surface area (TPSA) is 3.24 Å². The molecule has 0 aromatic rings. The molecule has 0 aromatic heterocycles. The van der Waals surface area contributed by atoms with Crippen molar-refractivity contribution in [1.29, 1.82) is 0 Å². The molecular formula is C9H19N. The Kier molecular flexibility index (Phi) is 3.20. The molecule has 1 saturated carbocycles. The lowest BCUT2D eigenvalue weighted by molar-refractivity contribution is 0.229. The second-order valence-electron chi connectivity index (χ2n) is 3.69. The fourth-order valence-electron chi connectivity index (χ4n) is 1.09. The molecule has 0 atom stereocenters. The third kappa shape index (κ3) is 2.70. The largest absolute Gasteiger partial charge is 0.306 e. The third-order valence-corrected chi connectivity index (χ3v) is 2.47. The molecule has 1 aliphatic heterocycles. The lowest BCUT2D eigenvalue weighted by atomic mass is 9.88. The van der Waals surface area contributed by atoms with Crippen LogP contribution < -0.4 is 0 Å². The number of rotatable bonds is 0. The minimum absolute atomic E-state index is 1.06. The summed E-state index contributed by atoms with van der Waals surface area (Å²) in [6, 6.07) is 0. The fourth-order valence-corrected chi connectivity index (χ4v) is 1.09. The average Bonchev–Trinajstić information content (AvgIpc) is 1.80. The van der Waals surface area contributed by atoms with Gasteiger partial charge in [0.15, 0.2) is 0 Å². The van der Waals surface area contributed by atoms with Crippen LogP contribution in [0.1, 0.15) is 32.6 Å². The van der Waals surface area contributed by atoms with Crippen LogP contribution in [0.5, 0.6) is 0 Å². The van der Waals surface area contributed by atoms with E-state index in [9.17, 15) is 0 Å². The zero-order chi connectivity index (χ0) is 7.40. The van der Waals surface area contributed by atoms with Crippen LogP contribution in [0.4, 0.5) is 0 Å². The maximum absolute atomic E-state index is 2.31. The first-order valence-corrected chi connectivity index (χ1v) is 4.47. The van der Waals surface area contributed by atoms with E-state index in [4.69, 9.17) is 0 Å². The molecule has 1 saturated heterocycles. The summed E-state index contributed by atoms with van der Waals surface area (Å²) in [5.41, 5.74) is 0. The number of hydrogen-bond acceptors (Lipinski definition) is 1. The lowest BCUT2D eigenvalue weighted by Gasteiger charge is -2.24. The van der Waals surface area contributed by atoms with E-state index >= 15 is 0 Å². The minimum atomic E-state index is 1.06. The lowest BCUT2D eigenvalue weighted by Crippen LogP contribution is -2.32. The molecule has 0 N–H and O–H groups in total. The van der Waals surface area contributed by atoms with Crippen LogP contribution in [0.15, 0.2) is 0 Å². The summed E-state index contributed by atoms with van der Waals surface area (Å²) in [5.74, 6) is 1.06. The molecule has 1 aliphatic carbocycles. The van der Waals surface area contributed by atoms with E-state index in [0.29, 0.717) is 0 Å². The Bertz CT molecular complexity index is 70.7. The summed E-state index contributed by atoms with van der Waals surface area (Å²) in [5, 5.41) is 0. The van der Waals surface area contributed by atoms with Crippen molar-refractivity contribution in [3.05, 3.63) is 0 Å². The Hall–Kier alpha value is -0.0400. The van der Waals surface area contributed by atoms with Crippen molar-refractivity contribution >= 4 is 0 Å². The molecule has 2 aliphatic rings. The van der Waals surface area contributed by atoms with Crippen molar-refractivity contribution in [1.82, 2.24) is 4.90 Å². The molecule has 0 amide bonds. The van der Waals surface area contributed by atoms with Crippen LogP contribution in [0.25, 0.3) is 0 Å². The average molecular weight is 141 g/mol. The van der Waals surface area contributed by atoms with Crippen molar-refractivity contribution < 1.29 is 0 Å². The standard InChI is InChI=1S/C5H10.C4H9N/c2*1-5-3-2-4-5/h5H,2-4H2,1H3;2-4H2,1H3. The van der Waals surface area contributed by atoms with Crippen LogP contribution in [0.2, 0.25) is 0 Å². The highest BCUT2D eigenvalue weighted by atomic mass is 15.1. The summed E-state index contributed by atoms with van der Waals surface area (Å²) < 4.78 is 0. The maximum atomic E-state index is 2.31. The second-order valence-corrected chi connectivity index (χ2v) is 3.69. The van der Waals surface area contributed by atoms with Gasteiger partial charge in [-0.15, -0.1) is 0 Å². The molecule has 60 valence electrons. The Morgan fingerprint density at radius 3 is 1.50 bits per heavy atom. The smallest absolute Gasteiger partial charge is 0.000959 e. The molecule has 0 bridgehead atoms. The molecule has 2 rings (SSSR count). The summed E-state index contributed by atoms with van der Waals surface area (Å²) >= 11 is 0. The molecule has 10 heavy (non-hydrogen) atoms. The Morgan fingerprint density at radius 1 is 1.10 bits per heavy atom. The van der Waals surface area contributed by atoms with Crippen molar-refractivity contribution in [2.24, 2.45) is 5.92 Å². The van der Waals surface area contributed by atoms with Crippen LogP contribution in [-0.2, 0) is 0 Å². The molecule has 1 heterocycles. The van der Waals surface area contributed by atoms with Gasteiger partial charge in [0.1, 0.15) is 0 Å². The van der Waals surface area contributed by atoms with Crippen LogP contribution >= 0.6 is 0 Å². The van der Waals surface area contributed by atoms with Gasteiger partial charge in [0.05, 0.1) is 0 Å². The Balaban J connectivity index is 0.0000001000. The van der Waals surface area contributed by atoms with Gasteiger partial charge in [-0.25, -0.2) is 0 Å². The number of likely N-dealkylation sites (tertiary alicyclic amines) is 1. The van der Waals surface area contributed by atoms with Gasteiger partial charge in [-0.2, -0.15) is 0 Å². The predicted octanol–water partition coefficient (Wildman–Crippen LogP) is 2.13. The van der Waals surface area contributed by atoms with Crippen molar-refractivity contribution in [2.75, 3.05) is 20.1 Å². The first-order valence-electron chi connectivity index (χ1n) is 4.47. The number of nitrogens with zero attached hydrogens (tertiary/aromatic N) is 1. The molecule has 1 nitrogen and oxygen atoms in total. The van der Waals surface area contributed by atoms with Gasteiger partial charge in [-0.05, 0) is 32.5 Å². The van der Waals surface area contributed by atoms with Gasteiger partial charge in [0, 0.05) is 0 Å². The zero-order valence-corrected chi connectivity index (χ0v) is 7.27. The summed E-state index contributed by atoms with van der Waals surface area (Å²) in [4.78, 5) is 2.31. The molecule has 0 aromatic carbocycles. The molecule has 2 fully saturated rings. The monoisotopic (exact) mass is 141 g/mol. The zero-order valence-electron chi connectivity index (χ0n) is 7.27. The fraction of sp³-hybridized carbons (Fsp3) is 1.00. The van der Waals surface area contributed by atoms with Crippen molar-refractivity contribution in [3.8, 4) is 0 Å². The first kappa shape index (κ1) is 8.06. The minimum Gasteiger partial charge on any atom is -0.306 e. The van der Waals surface area contributed by atoms with Gasteiger partial charge < -0.3 is 4.90 Å². The van der Waals surface area contributed by atoms with Crippen molar-refractivity contribution in [3.63, 3.8) is 0 Å². The molecular weight excluding hydrogens is 122 g/mol. The SMILES string of the molecule is CC1CCC1.CN1CCC1. The Labute approximate surface area is 64.4 Å². The normalized spacial score (nSPS) is 25.8.